The van der Waals surface area contributed by atoms with Crippen molar-refractivity contribution in [2.24, 2.45) is 0 Å². The molecule has 80 valence electrons. The van der Waals surface area contributed by atoms with Gasteiger partial charge in [-0.15, -0.1) is 0 Å². The molecule has 0 spiro atoms. The Hall–Kier alpha value is -1.69. The number of rotatable bonds is 2. The van der Waals surface area contributed by atoms with Crippen LogP contribution in [0.3, 0.4) is 0 Å². The first-order valence-electron chi connectivity index (χ1n) is 4.60. The standard InChI is InChI=1S/C9H11N3O3/c10-9-11-6-1-2-15-4-5(6)7(12-9)3-8(13)14/h1-4H2,(H,13,14)(H2,10,11,12). The first-order valence-corrected chi connectivity index (χ1v) is 4.60. The Morgan fingerprint density at radius 1 is 1.53 bits per heavy atom. The van der Waals surface area contributed by atoms with Crippen molar-refractivity contribution in [2.75, 3.05) is 12.3 Å². The molecule has 0 saturated heterocycles. The fourth-order valence-corrected chi connectivity index (χ4v) is 1.61. The van der Waals surface area contributed by atoms with Gasteiger partial charge in [0.2, 0.25) is 5.95 Å². The van der Waals surface area contributed by atoms with Crippen LogP contribution in [0.5, 0.6) is 0 Å². The van der Waals surface area contributed by atoms with Crippen molar-refractivity contribution in [3.05, 3.63) is 17.0 Å². The third-order valence-electron chi connectivity index (χ3n) is 2.24. The summed E-state index contributed by atoms with van der Waals surface area (Å²) in [7, 11) is 0. The zero-order chi connectivity index (χ0) is 10.8. The van der Waals surface area contributed by atoms with Crippen molar-refractivity contribution in [1.29, 1.82) is 0 Å². The van der Waals surface area contributed by atoms with Crippen molar-refractivity contribution in [1.82, 2.24) is 9.97 Å². The van der Waals surface area contributed by atoms with E-state index < -0.39 is 5.97 Å². The highest BCUT2D eigenvalue weighted by molar-refractivity contribution is 5.70. The van der Waals surface area contributed by atoms with Gasteiger partial charge in [-0.25, -0.2) is 9.97 Å². The average Bonchev–Trinajstić information content (AvgIpc) is 2.16. The highest BCUT2D eigenvalue weighted by atomic mass is 16.5. The average molecular weight is 209 g/mol. The van der Waals surface area contributed by atoms with E-state index in [-0.39, 0.29) is 12.4 Å². The van der Waals surface area contributed by atoms with Crippen LogP contribution < -0.4 is 5.73 Å². The second-order valence-corrected chi connectivity index (χ2v) is 3.33. The highest BCUT2D eigenvalue weighted by Crippen LogP contribution is 2.19. The lowest BCUT2D eigenvalue weighted by atomic mass is 10.1. The van der Waals surface area contributed by atoms with Gasteiger partial charge in [-0.1, -0.05) is 0 Å². The zero-order valence-corrected chi connectivity index (χ0v) is 8.06. The predicted octanol–water partition coefficient (Wildman–Crippen LogP) is -0.241. The number of anilines is 1. The maximum absolute atomic E-state index is 10.6. The summed E-state index contributed by atoms with van der Waals surface area (Å²) in [4.78, 5) is 18.6. The number of nitrogen functional groups attached to an aromatic ring is 1. The number of nitrogens with zero attached hydrogens (tertiary/aromatic N) is 2. The van der Waals surface area contributed by atoms with E-state index in [1.165, 1.54) is 0 Å². The molecule has 0 bridgehead atoms. The number of ether oxygens (including phenoxy) is 1. The first kappa shape index (κ1) is 9.85. The molecule has 0 unspecified atom stereocenters. The summed E-state index contributed by atoms with van der Waals surface area (Å²) < 4.78 is 5.24. The van der Waals surface area contributed by atoms with Crippen LogP contribution in [0.4, 0.5) is 5.95 Å². The Bertz CT molecular complexity index is 406. The molecule has 1 aliphatic rings. The van der Waals surface area contributed by atoms with Gasteiger partial charge >= 0.3 is 5.97 Å². The summed E-state index contributed by atoms with van der Waals surface area (Å²) in [6.07, 6.45) is 0.521. The van der Waals surface area contributed by atoms with Gasteiger partial charge in [0.1, 0.15) is 0 Å². The SMILES string of the molecule is Nc1nc2c(c(CC(=O)O)n1)COCC2. The summed E-state index contributed by atoms with van der Waals surface area (Å²) in [5.74, 6) is -0.798. The molecule has 15 heavy (non-hydrogen) atoms. The molecule has 0 aliphatic carbocycles. The summed E-state index contributed by atoms with van der Waals surface area (Å²) in [6.45, 7) is 0.966. The van der Waals surface area contributed by atoms with Crippen molar-refractivity contribution >= 4 is 11.9 Å². The smallest absolute Gasteiger partial charge is 0.309 e. The van der Waals surface area contributed by atoms with Crippen LogP contribution in [0.15, 0.2) is 0 Å². The van der Waals surface area contributed by atoms with E-state index in [1.54, 1.807) is 0 Å². The number of nitrogens with two attached hydrogens (primary N) is 1. The molecule has 1 aromatic heterocycles. The van der Waals surface area contributed by atoms with Gasteiger partial charge in [0.15, 0.2) is 0 Å². The topological polar surface area (TPSA) is 98.3 Å². The number of carbonyl (C=O) groups is 1. The number of carboxylic acid groups (broad SMARTS) is 1. The van der Waals surface area contributed by atoms with Crippen LogP contribution in [0.1, 0.15) is 17.0 Å². The third-order valence-corrected chi connectivity index (χ3v) is 2.24. The molecule has 2 heterocycles. The molecule has 1 aromatic rings. The summed E-state index contributed by atoms with van der Waals surface area (Å²) >= 11 is 0. The Morgan fingerprint density at radius 2 is 2.33 bits per heavy atom. The van der Waals surface area contributed by atoms with Crippen LogP contribution >= 0.6 is 0 Å². The molecule has 6 heteroatoms. The molecule has 3 N–H and O–H groups in total. The molecule has 2 rings (SSSR count). The molecular weight excluding hydrogens is 198 g/mol. The molecule has 0 amide bonds. The molecule has 0 saturated carbocycles. The Labute approximate surface area is 86.1 Å². The van der Waals surface area contributed by atoms with Crippen LogP contribution in [-0.2, 0) is 29.0 Å². The van der Waals surface area contributed by atoms with Gasteiger partial charge in [-0.2, -0.15) is 0 Å². The summed E-state index contributed by atoms with van der Waals surface area (Å²) in [6, 6.07) is 0. The van der Waals surface area contributed by atoms with Gasteiger partial charge in [-0.05, 0) is 0 Å². The minimum atomic E-state index is -0.930. The molecule has 0 atom stereocenters. The number of hydrogen-bond donors (Lipinski definition) is 2. The maximum atomic E-state index is 10.6. The van der Waals surface area contributed by atoms with E-state index in [1.807, 2.05) is 0 Å². The Balaban J connectivity index is 2.43. The summed E-state index contributed by atoms with van der Waals surface area (Å²) in [5.41, 5.74) is 7.55. The number of aliphatic carboxylic acids is 1. The lowest BCUT2D eigenvalue weighted by molar-refractivity contribution is -0.136. The van der Waals surface area contributed by atoms with Crippen molar-refractivity contribution < 1.29 is 14.6 Å². The van der Waals surface area contributed by atoms with Crippen LogP contribution in [-0.4, -0.2) is 27.7 Å². The van der Waals surface area contributed by atoms with E-state index in [2.05, 4.69) is 9.97 Å². The number of aromatic nitrogens is 2. The van der Waals surface area contributed by atoms with Crippen LogP contribution in [0.2, 0.25) is 0 Å². The molecule has 6 nitrogen and oxygen atoms in total. The van der Waals surface area contributed by atoms with E-state index in [0.29, 0.717) is 25.3 Å². The van der Waals surface area contributed by atoms with Crippen LogP contribution in [0, 0.1) is 0 Å². The van der Waals surface area contributed by atoms with Crippen molar-refractivity contribution in [2.45, 2.75) is 19.4 Å². The fourth-order valence-electron chi connectivity index (χ4n) is 1.61. The zero-order valence-electron chi connectivity index (χ0n) is 8.06. The quantitative estimate of drug-likeness (QED) is 0.697. The molecule has 0 radical (unpaired) electrons. The monoisotopic (exact) mass is 209 g/mol. The molecule has 1 aliphatic heterocycles. The first-order chi connectivity index (χ1) is 7.16. The number of fused-ring (bicyclic) bond motifs is 1. The Kier molecular flexibility index (Phi) is 2.51. The van der Waals surface area contributed by atoms with Gasteiger partial charge in [0.05, 0.1) is 31.0 Å². The third kappa shape index (κ3) is 2.04. The number of hydrogen-bond acceptors (Lipinski definition) is 5. The van der Waals surface area contributed by atoms with E-state index >= 15 is 0 Å². The van der Waals surface area contributed by atoms with E-state index in [4.69, 9.17) is 15.6 Å². The van der Waals surface area contributed by atoms with Gasteiger partial charge in [0, 0.05) is 12.0 Å². The van der Waals surface area contributed by atoms with Crippen molar-refractivity contribution in [3.8, 4) is 0 Å². The normalized spacial score (nSPS) is 14.7. The second kappa shape index (κ2) is 3.82. The molecular formula is C9H11N3O3. The maximum Gasteiger partial charge on any atom is 0.309 e. The van der Waals surface area contributed by atoms with Crippen LogP contribution in [0.25, 0.3) is 0 Å². The largest absolute Gasteiger partial charge is 0.481 e. The lowest BCUT2D eigenvalue weighted by Crippen LogP contribution is -2.18. The summed E-state index contributed by atoms with van der Waals surface area (Å²) in [5, 5.41) is 8.72. The minimum Gasteiger partial charge on any atom is -0.481 e. The minimum absolute atomic E-state index is 0.131. The van der Waals surface area contributed by atoms with Gasteiger partial charge in [-0.3, -0.25) is 4.79 Å². The fraction of sp³-hybridized carbons (Fsp3) is 0.444. The number of carboxylic acids is 1. The molecule has 0 fully saturated rings. The lowest BCUT2D eigenvalue weighted by Gasteiger charge is -2.17. The van der Waals surface area contributed by atoms with Crippen molar-refractivity contribution in [3.63, 3.8) is 0 Å². The second-order valence-electron chi connectivity index (χ2n) is 3.33. The van der Waals surface area contributed by atoms with Gasteiger partial charge < -0.3 is 15.6 Å². The van der Waals surface area contributed by atoms with E-state index in [9.17, 15) is 4.79 Å². The highest BCUT2D eigenvalue weighted by Gasteiger charge is 2.18. The predicted molar refractivity (Wildman–Crippen MR) is 51.1 cm³/mol. The van der Waals surface area contributed by atoms with Gasteiger partial charge in [0.25, 0.3) is 0 Å². The Morgan fingerprint density at radius 3 is 3.07 bits per heavy atom. The van der Waals surface area contributed by atoms with E-state index in [0.717, 1.165) is 11.3 Å². The molecule has 0 aromatic carbocycles.